The lowest BCUT2D eigenvalue weighted by atomic mass is 10.2. The number of hydrogen-bond acceptors (Lipinski definition) is 22. The van der Waals surface area contributed by atoms with Crippen LogP contribution >= 0.6 is 184 Å². The van der Waals surface area contributed by atoms with E-state index in [1.807, 2.05) is 27.7 Å². The summed E-state index contributed by atoms with van der Waals surface area (Å²) >= 11 is 58.9. The van der Waals surface area contributed by atoms with Gasteiger partial charge in [-0.3, -0.25) is 56.9 Å². The van der Waals surface area contributed by atoms with Gasteiger partial charge in [-0.15, -0.1) is 67.9 Å². The van der Waals surface area contributed by atoms with Gasteiger partial charge in [0.15, 0.2) is 46.0 Å². The first-order valence-electron chi connectivity index (χ1n) is 33.3. The summed E-state index contributed by atoms with van der Waals surface area (Å²) in [4.78, 5) is 97.8. The van der Waals surface area contributed by atoms with E-state index in [4.69, 9.17) is 121 Å². The third-order valence-electron chi connectivity index (χ3n) is 16.5. The molecular formula is C73H67Br4Cl10F2N15O13. The van der Waals surface area contributed by atoms with Gasteiger partial charge in [-0.2, -0.15) is 0 Å². The zero-order chi connectivity index (χ0) is 83.0. The predicted molar refractivity (Wildman–Crippen MR) is 476 cm³/mol. The normalized spacial score (nSPS) is 10.7. The molecule has 0 atom stereocenters. The number of aromatic nitrogens is 13. The highest BCUT2D eigenvalue weighted by molar-refractivity contribution is 8.93. The van der Waals surface area contributed by atoms with Crippen LogP contribution in [0.25, 0.3) is 60.2 Å². The molecule has 0 radical (unpaired) electrons. The van der Waals surface area contributed by atoms with Crippen LogP contribution in [0.4, 0.5) is 14.5 Å². The van der Waals surface area contributed by atoms with Crippen molar-refractivity contribution in [3.05, 3.63) is 251 Å². The zero-order valence-corrected chi connectivity index (χ0v) is 76.2. The van der Waals surface area contributed by atoms with Gasteiger partial charge in [0.05, 0.1) is 121 Å². The number of fused-ring (bicyclic) bond motifs is 6. The third kappa shape index (κ3) is 22.1. The summed E-state index contributed by atoms with van der Waals surface area (Å²) in [6.45, 7) is 13.3. The van der Waals surface area contributed by atoms with Crippen molar-refractivity contribution < 1.29 is 43.9 Å². The Labute approximate surface area is 752 Å². The molecule has 0 amide bonds. The Kier molecular flexibility index (Phi) is 36.7. The van der Waals surface area contributed by atoms with E-state index in [-0.39, 0.29) is 247 Å². The molecule has 624 valence electrons. The Balaban J connectivity index is 0.000000250. The Morgan fingerprint density at radius 3 is 1.40 bits per heavy atom. The fourth-order valence-electron chi connectivity index (χ4n) is 11.0. The van der Waals surface area contributed by atoms with E-state index >= 15 is 0 Å². The molecule has 8 N–H and O–H groups in total. The van der Waals surface area contributed by atoms with Gasteiger partial charge in [-0.05, 0) is 94.3 Å². The molecule has 117 heavy (non-hydrogen) atoms. The monoisotopic (exact) mass is 2060 g/mol. The van der Waals surface area contributed by atoms with Gasteiger partial charge < -0.3 is 40.5 Å². The number of rotatable bonds is 12. The Hall–Kier alpha value is -8.17. The highest BCUT2D eigenvalue weighted by atomic mass is 79.9. The summed E-state index contributed by atoms with van der Waals surface area (Å²) in [7, 11) is 3.34. The summed E-state index contributed by atoms with van der Waals surface area (Å²) < 4.78 is 39.6. The van der Waals surface area contributed by atoms with Crippen molar-refractivity contribution in [1.82, 2.24) is 67.7 Å². The van der Waals surface area contributed by atoms with Crippen LogP contribution in [0, 0.1) is 31.4 Å². The number of phenolic OH excluding ortho intramolecular Hbond substituents is 5. The molecule has 14 rings (SSSR count). The lowest BCUT2D eigenvalue weighted by Crippen LogP contribution is -2.27. The molecule has 0 unspecified atom stereocenters. The highest BCUT2D eigenvalue weighted by Gasteiger charge is 2.23. The average molecular weight is 2070 g/mol. The number of nitrogens with one attached hydrogen (secondary N) is 2. The maximum atomic E-state index is 13.7. The minimum absolute atomic E-state index is 0. The number of pyridine rings is 1. The van der Waals surface area contributed by atoms with E-state index < -0.39 is 17.2 Å². The second-order valence-corrected chi connectivity index (χ2v) is 29.0. The molecule has 0 aliphatic carbocycles. The lowest BCUT2D eigenvalue weighted by Gasteiger charge is -2.12. The third-order valence-corrected chi connectivity index (χ3v) is 19.5. The number of halogens is 16. The molecule has 0 aliphatic heterocycles. The van der Waals surface area contributed by atoms with Crippen molar-refractivity contribution in [1.29, 1.82) is 0 Å². The van der Waals surface area contributed by atoms with Crippen LogP contribution in [0.1, 0.15) is 68.9 Å². The van der Waals surface area contributed by atoms with E-state index in [0.29, 0.717) is 66.5 Å². The number of aryl methyl sites for hydroxylation is 4. The second kappa shape index (κ2) is 43.2. The topological polar surface area (TPSA) is 380 Å². The molecule has 28 nitrogen and oxygen atoms in total. The van der Waals surface area contributed by atoms with Crippen molar-refractivity contribution in [3.63, 3.8) is 0 Å². The quantitative estimate of drug-likeness (QED) is 0.0563. The second-order valence-electron chi connectivity index (χ2n) is 24.9. The smallest absolute Gasteiger partial charge is 0.281 e. The number of anilines is 1. The first-order chi connectivity index (χ1) is 53.5. The van der Waals surface area contributed by atoms with Gasteiger partial charge in [0.1, 0.15) is 51.3 Å². The molecule has 8 heterocycles. The molecule has 0 spiro atoms. The number of benzene rings is 6. The fourth-order valence-corrected chi connectivity index (χ4v) is 13.6. The van der Waals surface area contributed by atoms with E-state index in [2.05, 4.69) is 45.8 Å². The highest BCUT2D eigenvalue weighted by Crippen LogP contribution is 2.39. The lowest BCUT2D eigenvalue weighted by molar-refractivity contribution is 0.392. The molecule has 14 aromatic rings. The average Bonchev–Trinajstić information content (AvgIpc) is 1.10. The van der Waals surface area contributed by atoms with E-state index in [9.17, 15) is 68.2 Å². The Bertz CT molecular complexity index is 6450. The maximum absolute atomic E-state index is 13.7. The molecule has 44 heteroatoms. The van der Waals surface area contributed by atoms with Crippen LogP contribution in [-0.2, 0) is 39.6 Å². The van der Waals surface area contributed by atoms with E-state index in [0.717, 1.165) is 41.5 Å². The minimum Gasteiger partial charge on any atom is -0.504 e. The molecular weight excluding hydrogens is 2010 g/mol. The van der Waals surface area contributed by atoms with Crippen molar-refractivity contribution in [2.45, 2.75) is 87.0 Å². The molecule has 0 aliphatic rings. The van der Waals surface area contributed by atoms with Crippen LogP contribution in [0.5, 0.6) is 34.5 Å². The summed E-state index contributed by atoms with van der Waals surface area (Å²) in [6.07, 6.45) is 10.7. The van der Waals surface area contributed by atoms with Crippen LogP contribution in [0.2, 0.25) is 50.2 Å². The Morgan fingerprint density at radius 2 is 0.957 bits per heavy atom. The van der Waals surface area contributed by atoms with Gasteiger partial charge in [0.2, 0.25) is 0 Å². The summed E-state index contributed by atoms with van der Waals surface area (Å²) in [5, 5.41) is 66.9. The minimum atomic E-state index is -0.887. The number of hydrogen-bond donors (Lipinski definition) is 8. The van der Waals surface area contributed by atoms with Crippen LogP contribution in [-0.4, -0.2) is 100 Å². The summed E-state index contributed by atoms with van der Waals surface area (Å²) in [5.74, 6) is -1.49. The van der Waals surface area contributed by atoms with Crippen molar-refractivity contribution in [3.8, 4) is 34.5 Å². The van der Waals surface area contributed by atoms with E-state index in [1.165, 1.54) is 78.0 Å². The summed E-state index contributed by atoms with van der Waals surface area (Å²) in [5.41, 5.74) is 3.20. The number of phenols is 5. The fraction of sp³-hybridized carbons (Fsp3) is 0.219. The van der Waals surface area contributed by atoms with Gasteiger partial charge in [0.25, 0.3) is 33.4 Å². The standard InChI is InChI=1S/C14H7Cl2F2N3O2.C14H11Cl2N3O3.C12H12Cl2N2O2.C11H11Cl2N3O2.C11H10Cl2N2O2.C11H12N2O2.4BrH/c15-7-4-8(16)13(22)12-11(7)14(23)21(5-19-12)20-10-2-1-6(17)3-9(10)18;1-6-8(7(2)22-18-6)4-19-5-17-12-11(14(19)21)9(15)3-10(16)13(12)20;1-6(2)4-16-5-15-10-9(12(16)18)7(13)3-8(14)11(10)17;1-14-4-7-15-9-8(11(18)16(7)2)5(12)3-6(13)10(9)17;1-2-3-15-5-14-9-8(11(15)17)6(12)4-7(13)10(9)16;1-2-4-8-7-12-10-9(14)5-3-6-13(10)11(8)15;;;;/h1-5,20,22H;3,5,20H,4H2,1-2H3;3,5-6,17H,4H2,1-2H3;3,14,17H,4H2,1-2H3;4-5,16H,2-3H2,1H3;3,5-7,14H,2,4H2,1H3;4*1H. The van der Waals surface area contributed by atoms with Gasteiger partial charge in [-0.1, -0.05) is 155 Å². The van der Waals surface area contributed by atoms with Crippen molar-refractivity contribution >= 4 is 250 Å². The number of aromatic hydroxyl groups is 6. The summed E-state index contributed by atoms with van der Waals surface area (Å²) in [6, 6.07) is 12.5. The molecule has 8 aromatic heterocycles. The van der Waals surface area contributed by atoms with Crippen molar-refractivity contribution in [2.75, 3.05) is 12.5 Å². The van der Waals surface area contributed by atoms with Crippen molar-refractivity contribution in [2.24, 2.45) is 13.0 Å². The van der Waals surface area contributed by atoms with Crippen LogP contribution in [0.15, 0.2) is 132 Å². The van der Waals surface area contributed by atoms with Crippen LogP contribution < -0.4 is 44.1 Å². The molecule has 0 saturated carbocycles. The SMILES string of the molecule is Br.Br.Br.Br.CC(C)Cn1cnc2c(O)c(Cl)cc(Cl)c2c1=O.CCCc1cnc2c(O)cccn2c1=O.CCCn1cnc2c(O)c(Cl)cc(Cl)c2c1=O.CNCc1nc2c(O)c(Cl)cc(Cl)c2c(=O)n1C.Cc1noc(C)c1Cn1cnc2c(O)c(Cl)cc(Cl)c2c1=O.O=c1c2c(Cl)cc(Cl)c(O)c2ncn1Nc1ccc(F)cc1F. The number of nitrogens with zero attached hydrogens (tertiary/aromatic N) is 13. The maximum Gasteiger partial charge on any atom is 0.281 e. The van der Waals surface area contributed by atoms with Crippen LogP contribution in [0.3, 0.4) is 0 Å². The molecule has 0 saturated heterocycles. The first kappa shape index (κ1) is 99.4. The predicted octanol–water partition coefficient (Wildman–Crippen LogP) is 17.8. The van der Waals surface area contributed by atoms with Gasteiger partial charge >= 0.3 is 0 Å². The first-order valence-corrected chi connectivity index (χ1v) is 37.0. The largest absolute Gasteiger partial charge is 0.504 e. The van der Waals surface area contributed by atoms with E-state index in [1.54, 1.807) is 46.4 Å². The molecule has 6 aromatic carbocycles. The van der Waals surface area contributed by atoms with Gasteiger partial charge in [-0.25, -0.2) is 43.4 Å². The molecule has 0 bridgehead atoms. The van der Waals surface area contributed by atoms with Gasteiger partial charge in [0, 0.05) is 49.7 Å². The Morgan fingerprint density at radius 1 is 0.521 bits per heavy atom. The molecule has 0 fully saturated rings. The zero-order valence-electron chi connectivity index (χ0n) is 61.8.